The van der Waals surface area contributed by atoms with E-state index in [9.17, 15) is 9.59 Å². The number of rotatable bonds is 5. The van der Waals surface area contributed by atoms with Crippen LogP contribution in [0.15, 0.2) is 47.3 Å². The van der Waals surface area contributed by atoms with Gasteiger partial charge in [-0.3, -0.25) is 14.5 Å². The van der Waals surface area contributed by atoms with Gasteiger partial charge in [-0.2, -0.15) is 5.10 Å². The normalized spacial score (nSPS) is 16.2. The maximum Gasteiger partial charge on any atom is 0.271 e. The quantitative estimate of drug-likeness (QED) is 0.873. The Hall–Kier alpha value is -2.47. The third-order valence-corrected chi connectivity index (χ3v) is 4.13. The monoisotopic (exact) mass is 312 g/mol. The number of carbonyl (C=O) groups is 1. The van der Waals surface area contributed by atoms with Crippen LogP contribution in [0, 0.1) is 0 Å². The van der Waals surface area contributed by atoms with E-state index < -0.39 is 0 Å². The predicted molar refractivity (Wildman–Crippen MR) is 87.2 cm³/mol. The number of hydrogen-bond donors (Lipinski definition) is 2. The van der Waals surface area contributed by atoms with Crippen LogP contribution in [0.4, 0.5) is 0 Å². The number of nitrogens with one attached hydrogen (secondary N) is 2. The van der Waals surface area contributed by atoms with Crippen molar-refractivity contribution in [3.63, 3.8) is 0 Å². The van der Waals surface area contributed by atoms with Crippen molar-refractivity contribution in [2.24, 2.45) is 0 Å². The van der Waals surface area contributed by atoms with Crippen molar-refractivity contribution in [2.75, 3.05) is 19.6 Å². The Balaban J connectivity index is 1.70. The lowest BCUT2D eigenvalue weighted by atomic mass is 10.1. The van der Waals surface area contributed by atoms with Crippen molar-refractivity contribution in [3.05, 3.63) is 64.1 Å². The maximum absolute atomic E-state index is 12.2. The van der Waals surface area contributed by atoms with Crippen molar-refractivity contribution in [1.82, 2.24) is 20.4 Å². The number of benzene rings is 1. The summed E-state index contributed by atoms with van der Waals surface area (Å²) in [5, 5.41) is 8.97. The highest BCUT2D eigenvalue weighted by molar-refractivity contribution is 5.91. The summed E-state index contributed by atoms with van der Waals surface area (Å²) in [7, 11) is 0. The van der Waals surface area contributed by atoms with Crippen LogP contribution in [0.1, 0.15) is 34.9 Å². The van der Waals surface area contributed by atoms with Gasteiger partial charge in [0.1, 0.15) is 5.69 Å². The number of amides is 1. The summed E-state index contributed by atoms with van der Waals surface area (Å²) in [6.45, 7) is 2.61. The molecule has 6 nitrogen and oxygen atoms in total. The zero-order valence-electron chi connectivity index (χ0n) is 12.9. The fraction of sp³-hybridized carbons (Fsp3) is 0.353. The first-order chi connectivity index (χ1) is 11.2. The number of carbonyl (C=O) groups excluding carboxylic acids is 1. The summed E-state index contributed by atoms with van der Waals surface area (Å²) in [5.74, 6) is -0.277. The Kier molecular flexibility index (Phi) is 4.83. The van der Waals surface area contributed by atoms with E-state index in [4.69, 9.17) is 0 Å². The molecule has 1 unspecified atom stereocenters. The van der Waals surface area contributed by atoms with E-state index in [1.54, 1.807) is 0 Å². The third-order valence-electron chi connectivity index (χ3n) is 4.13. The highest BCUT2D eigenvalue weighted by atomic mass is 16.2. The minimum atomic E-state index is -0.319. The lowest BCUT2D eigenvalue weighted by Gasteiger charge is -2.28. The van der Waals surface area contributed by atoms with Crippen molar-refractivity contribution < 1.29 is 4.79 Å². The molecular formula is C17H20N4O2. The standard InChI is InChI=1S/C17H20N4O2/c22-16-9-8-14(19-20-16)17(23)18-12-15(21-10-4-5-11-21)13-6-2-1-3-7-13/h1-3,6-9,15H,4-5,10-12H2,(H,18,23)(H,20,22). The van der Waals surface area contributed by atoms with E-state index in [1.165, 1.54) is 30.5 Å². The average molecular weight is 312 g/mol. The van der Waals surface area contributed by atoms with Crippen molar-refractivity contribution in [3.8, 4) is 0 Å². The number of likely N-dealkylation sites (tertiary alicyclic amines) is 1. The second-order valence-electron chi connectivity index (χ2n) is 5.69. The van der Waals surface area contributed by atoms with Gasteiger partial charge in [-0.15, -0.1) is 0 Å². The van der Waals surface area contributed by atoms with E-state index in [-0.39, 0.29) is 23.2 Å². The molecule has 0 aliphatic carbocycles. The Morgan fingerprint density at radius 2 is 1.91 bits per heavy atom. The molecule has 0 bridgehead atoms. The Bertz CT molecular complexity index is 688. The second-order valence-corrected chi connectivity index (χ2v) is 5.69. The average Bonchev–Trinajstić information content (AvgIpc) is 3.11. The van der Waals surface area contributed by atoms with Crippen molar-refractivity contribution in [1.29, 1.82) is 0 Å². The van der Waals surface area contributed by atoms with Crippen LogP contribution in [0.5, 0.6) is 0 Å². The molecule has 0 saturated carbocycles. The van der Waals surface area contributed by atoms with Crippen molar-refractivity contribution in [2.45, 2.75) is 18.9 Å². The molecule has 1 saturated heterocycles. The number of H-pyrrole nitrogens is 1. The maximum atomic E-state index is 12.2. The van der Waals surface area contributed by atoms with E-state index in [0.29, 0.717) is 6.54 Å². The molecule has 2 N–H and O–H groups in total. The van der Waals surface area contributed by atoms with Gasteiger partial charge in [0.2, 0.25) is 0 Å². The number of aromatic nitrogens is 2. The Labute approximate surface area is 134 Å². The molecule has 1 aromatic heterocycles. The third kappa shape index (κ3) is 3.84. The van der Waals surface area contributed by atoms with Crippen LogP contribution in [-0.4, -0.2) is 40.6 Å². The predicted octanol–water partition coefficient (Wildman–Crippen LogP) is 1.34. The first-order valence-electron chi connectivity index (χ1n) is 7.87. The summed E-state index contributed by atoms with van der Waals surface area (Å²) < 4.78 is 0. The van der Waals surface area contributed by atoms with E-state index in [0.717, 1.165) is 13.1 Å². The fourth-order valence-electron chi connectivity index (χ4n) is 2.94. The largest absolute Gasteiger partial charge is 0.349 e. The highest BCUT2D eigenvalue weighted by Gasteiger charge is 2.24. The lowest BCUT2D eigenvalue weighted by molar-refractivity contribution is 0.0932. The second kappa shape index (κ2) is 7.19. The van der Waals surface area contributed by atoms with Crippen LogP contribution in [0.25, 0.3) is 0 Å². The van der Waals surface area contributed by atoms with Gasteiger partial charge in [0.25, 0.3) is 11.5 Å². The first kappa shape index (κ1) is 15.4. The molecule has 23 heavy (non-hydrogen) atoms. The molecule has 1 aliphatic heterocycles. The topological polar surface area (TPSA) is 78.1 Å². The van der Waals surface area contributed by atoms with Crippen LogP contribution in [-0.2, 0) is 0 Å². The molecule has 0 spiro atoms. The molecule has 120 valence electrons. The van der Waals surface area contributed by atoms with Gasteiger partial charge < -0.3 is 5.32 Å². The van der Waals surface area contributed by atoms with E-state index in [1.807, 2.05) is 18.2 Å². The molecule has 1 atom stereocenters. The van der Waals surface area contributed by atoms with Gasteiger partial charge in [0.15, 0.2) is 0 Å². The summed E-state index contributed by atoms with van der Waals surface area (Å²) in [6.07, 6.45) is 2.39. The number of hydrogen-bond acceptors (Lipinski definition) is 4. The van der Waals surface area contributed by atoms with Crippen LogP contribution in [0.2, 0.25) is 0 Å². The highest BCUT2D eigenvalue weighted by Crippen LogP contribution is 2.24. The van der Waals surface area contributed by atoms with Crippen LogP contribution < -0.4 is 10.9 Å². The van der Waals surface area contributed by atoms with Crippen LogP contribution in [0.3, 0.4) is 0 Å². The minimum Gasteiger partial charge on any atom is -0.349 e. The zero-order valence-corrected chi connectivity index (χ0v) is 12.9. The molecule has 1 amide bonds. The van der Waals surface area contributed by atoms with E-state index in [2.05, 4.69) is 32.5 Å². The van der Waals surface area contributed by atoms with Gasteiger partial charge in [-0.1, -0.05) is 30.3 Å². The summed E-state index contributed by atoms with van der Waals surface area (Å²) in [6, 6.07) is 13.1. The zero-order chi connectivity index (χ0) is 16.1. The molecule has 3 rings (SSSR count). The first-order valence-corrected chi connectivity index (χ1v) is 7.87. The molecule has 2 heterocycles. The lowest BCUT2D eigenvalue weighted by Crippen LogP contribution is -2.37. The summed E-state index contributed by atoms with van der Waals surface area (Å²) in [5.41, 5.74) is 1.10. The molecule has 0 radical (unpaired) electrons. The summed E-state index contributed by atoms with van der Waals surface area (Å²) in [4.78, 5) is 25.6. The van der Waals surface area contributed by atoms with Gasteiger partial charge in [0, 0.05) is 12.6 Å². The Morgan fingerprint density at radius 3 is 2.57 bits per heavy atom. The summed E-state index contributed by atoms with van der Waals surface area (Å²) >= 11 is 0. The molecule has 1 fully saturated rings. The molecular weight excluding hydrogens is 292 g/mol. The Morgan fingerprint density at radius 1 is 1.17 bits per heavy atom. The molecule has 1 aliphatic rings. The smallest absolute Gasteiger partial charge is 0.271 e. The van der Waals surface area contributed by atoms with Gasteiger partial charge in [-0.05, 0) is 37.6 Å². The molecule has 2 aromatic rings. The minimum absolute atomic E-state index is 0.158. The van der Waals surface area contributed by atoms with Gasteiger partial charge in [-0.25, -0.2) is 5.10 Å². The van der Waals surface area contributed by atoms with Crippen LogP contribution >= 0.6 is 0 Å². The van der Waals surface area contributed by atoms with Gasteiger partial charge in [0.05, 0.1) is 6.04 Å². The van der Waals surface area contributed by atoms with Crippen molar-refractivity contribution >= 4 is 5.91 Å². The molecule has 6 heteroatoms. The SMILES string of the molecule is O=C(NCC(c1ccccc1)N1CCCC1)c1ccc(=O)[nH]n1. The molecule has 1 aromatic carbocycles. The van der Waals surface area contributed by atoms with E-state index >= 15 is 0 Å². The fourth-order valence-corrected chi connectivity index (χ4v) is 2.94. The number of aromatic amines is 1. The number of nitrogens with zero attached hydrogens (tertiary/aromatic N) is 2. The van der Waals surface area contributed by atoms with Gasteiger partial charge >= 0.3 is 0 Å².